The van der Waals surface area contributed by atoms with E-state index in [-0.39, 0.29) is 12.1 Å². The maximum Gasteiger partial charge on any atom is 0.307 e. The van der Waals surface area contributed by atoms with Gasteiger partial charge in [0.2, 0.25) is 0 Å². The van der Waals surface area contributed by atoms with E-state index in [9.17, 15) is 4.79 Å². The standard InChI is InChI=1S/C7H11NO2/c9-7-4-5-6(10-7)2-1-3-8-5/h5-6,8H,1-4H2/t5-,6+/m0/s1. The van der Waals surface area contributed by atoms with E-state index in [2.05, 4.69) is 5.32 Å². The molecule has 2 rings (SSSR count). The second kappa shape index (κ2) is 2.23. The Morgan fingerprint density at radius 1 is 1.60 bits per heavy atom. The third-order valence-electron chi connectivity index (χ3n) is 2.19. The van der Waals surface area contributed by atoms with Gasteiger partial charge in [-0.2, -0.15) is 0 Å². The normalized spacial score (nSPS) is 39.0. The average molecular weight is 141 g/mol. The molecule has 2 fully saturated rings. The summed E-state index contributed by atoms with van der Waals surface area (Å²) in [6, 6.07) is 0.321. The van der Waals surface area contributed by atoms with Gasteiger partial charge in [0.25, 0.3) is 0 Å². The summed E-state index contributed by atoms with van der Waals surface area (Å²) < 4.78 is 5.06. The van der Waals surface area contributed by atoms with Gasteiger partial charge in [-0.05, 0) is 19.4 Å². The summed E-state index contributed by atoms with van der Waals surface area (Å²) in [5, 5.41) is 3.27. The summed E-state index contributed by atoms with van der Waals surface area (Å²) in [6.07, 6.45) is 2.93. The van der Waals surface area contributed by atoms with Gasteiger partial charge in [-0.3, -0.25) is 4.79 Å². The number of fused-ring (bicyclic) bond motifs is 1. The lowest BCUT2D eigenvalue weighted by Gasteiger charge is -2.23. The molecule has 2 saturated heterocycles. The zero-order valence-electron chi connectivity index (χ0n) is 5.80. The number of hydrogen-bond acceptors (Lipinski definition) is 3. The minimum Gasteiger partial charge on any atom is -0.461 e. The van der Waals surface area contributed by atoms with Crippen LogP contribution in [0.25, 0.3) is 0 Å². The minimum atomic E-state index is -0.0376. The predicted octanol–water partition coefficient (Wildman–Crippen LogP) is 0.0539. The SMILES string of the molecule is O=C1C[C@@H]2NCCC[C@H]2O1. The molecule has 0 amide bonds. The van der Waals surface area contributed by atoms with Gasteiger partial charge in [-0.1, -0.05) is 0 Å². The Hall–Kier alpha value is -0.570. The van der Waals surface area contributed by atoms with Crippen LogP contribution >= 0.6 is 0 Å². The van der Waals surface area contributed by atoms with Crippen LogP contribution in [-0.2, 0) is 9.53 Å². The van der Waals surface area contributed by atoms with Gasteiger partial charge >= 0.3 is 5.97 Å². The van der Waals surface area contributed by atoms with Gasteiger partial charge in [0.05, 0.1) is 12.5 Å². The van der Waals surface area contributed by atoms with Crippen LogP contribution in [0.15, 0.2) is 0 Å². The summed E-state index contributed by atoms with van der Waals surface area (Å²) in [5.41, 5.74) is 0. The van der Waals surface area contributed by atoms with E-state index in [0.717, 1.165) is 19.4 Å². The highest BCUT2D eigenvalue weighted by Crippen LogP contribution is 2.21. The lowest BCUT2D eigenvalue weighted by Crippen LogP contribution is -2.41. The lowest BCUT2D eigenvalue weighted by molar-refractivity contribution is -0.141. The molecule has 0 aromatic heterocycles. The first-order chi connectivity index (χ1) is 4.86. The first kappa shape index (κ1) is 6.16. The molecule has 2 atom stereocenters. The largest absolute Gasteiger partial charge is 0.461 e. The van der Waals surface area contributed by atoms with Gasteiger partial charge < -0.3 is 10.1 Å². The average Bonchev–Trinajstić information content (AvgIpc) is 2.27. The highest BCUT2D eigenvalue weighted by molar-refractivity contribution is 5.72. The molecule has 0 aromatic rings. The van der Waals surface area contributed by atoms with Crippen LogP contribution < -0.4 is 5.32 Å². The Bertz CT molecular complexity index is 142. The molecule has 1 N–H and O–H groups in total. The van der Waals surface area contributed by atoms with Crippen molar-refractivity contribution in [2.45, 2.75) is 31.4 Å². The molecule has 10 heavy (non-hydrogen) atoms. The number of ether oxygens (including phenoxy) is 1. The highest BCUT2D eigenvalue weighted by Gasteiger charge is 2.35. The van der Waals surface area contributed by atoms with Crippen LogP contribution in [0.1, 0.15) is 19.3 Å². The topological polar surface area (TPSA) is 38.3 Å². The smallest absolute Gasteiger partial charge is 0.307 e. The van der Waals surface area contributed by atoms with Crippen molar-refractivity contribution in [1.82, 2.24) is 5.32 Å². The quantitative estimate of drug-likeness (QED) is 0.484. The molecule has 56 valence electrons. The molecule has 2 aliphatic heterocycles. The van der Waals surface area contributed by atoms with Crippen molar-refractivity contribution in [2.75, 3.05) is 6.54 Å². The second-order valence-corrected chi connectivity index (χ2v) is 2.94. The van der Waals surface area contributed by atoms with Crippen LogP contribution in [-0.4, -0.2) is 24.7 Å². The highest BCUT2D eigenvalue weighted by atomic mass is 16.6. The van der Waals surface area contributed by atoms with Crippen molar-refractivity contribution >= 4 is 5.97 Å². The first-order valence-electron chi connectivity index (χ1n) is 3.79. The van der Waals surface area contributed by atoms with Gasteiger partial charge in [-0.15, -0.1) is 0 Å². The Balaban J connectivity index is 2.04. The number of rotatable bonds is 0. The van der Waals surface area contributed by atoms with Gasteiger partial charge in [-0.25, -0.2) is 0 Å². The summed E-state index contributed by atoms with van der Waals surface area (Å²) in [6.45, 7) is 1.04. The maximum atomic E-state index is 10.7. The molecule has 3 heteroatoms. The van der Waals surface area contributed by atoms with Crippen molar-refractivity contribution in [3.05, 3.63) is 0 Å². The molecular weight excluding hydrogens is 130 g/mol. The Kier molecular flexibility index (Phi) is 1.38. The summed E-state index contributed by atoms with van der Waals surface area (Å²) in [5.74, 6) is -0.0376. The molecule has 2 heterocycles. The first-order valence-corrected chi connectivity index (χ1v) is 3.79. The van der Waals surface area contributed by atoms with Crippen LogP contribution in [0, 0.1) is 0 Å². The van der Waals surface area contributed by atoms with Crippen LogP contribution in [0.3, 0.4) is 0 Å². The fourth-order valence-electron chi connectivity index (χ4n) is 1.66. The molecule has 0 saturated carbocycles. The third kappa shape index (κ3) is 0.904. The molecular formula is C7H11NO2. The molecule has 0 bridgehead atoms. The summed E-state index contributed by atoms with van der Waals surface area (Å²) in [7, 11) is 0. The van der Waals surface area contributed by atoms with Crippen molar-refractivity contribution in [3.8, 4) is 0 Å². The molecule has 0 aromatic carbocycles. The van der Waals surface area contributed by atoms with Crippen molar-refractivity contribution < 1.29 is 9.53 Å². The molecule has 0 unspecified atom stereocenters. The molecule has 3 nitrogen and oxygen atoms in total. The predicted molar refractivity (Wildman–Crippen MR) is 35.5 cm³/mol. The van der Waals surface area contributed by atoms with E-state index in [1.54, 1.807) is 0 Å². The van der Waals surface area contributed by atoms with Crippen molar-refractivity contribution in [3.63, 3.8) is 0 Å². The zero-order valence-corrected chi connectivity index (χ0v) is 5.80. The number of hydrogen-bond donors (Lipinski definition) is 1. The third-order valence-corrected chi connectivity index (χ3v) is 2.19. The van der Waals surface area contributed by atoms with Gasteiger partial charge in [0, 0.05) is 0 Å². The number of carbonyl (C=O) groups excluding carboxylic acids is 1. The van der Waals surface area contributed by atoms with Crippen LogP contribution in [0.5, 0.6) is 0 Å². The van der Waals surface area contributed by atoms with Crippen LogP contribution in [0.2, 0.25) is 0 Å². The fourth-order valence-corrected chi connectivity index (χ4v) is 1.66. The number of piperidine rings is 1. The van der Waals surface area contributed by atoms with E-state index in [1.807, 2.05) is 0 Å². The molecule has 0 radical (unpaired) electrons. The zero-order chi connectivity index (χ0) is 6.97. The van der Waals surface area contributed by atoms with Crippen molar-refractivity contribution in [1.29, 1.82) is 0 Å². The number of esters is 1. The maximum absolute atomic E-state index is 10.7. The minimum absolute atomic E-state index is 0.0376. The Morgan fingerprint density at radius 2 is 2.50 bits per heavy atom. The van der Waals surface area contributed by atoms with E-state index in [4.69, 9.17) is 4.74 Å². The van der Waals surface area contributed by atoms with Gasteiger partial charge in [0.15, 0.2) is 0 Å². The van der Waals surface area contributed by atoms with Crippen molar-refractivity contribution in [2.24, 2.45) is 0 Å². The number of nitrogens with one attached hydrogen (secondary N) is 1. The van der Waals surface area contributed by atoms with E-state index in [0.29, 0.717) is 12.5 Å². The van der Waals surface area contributed by atoms with Gasteiger partial charge in [0.1, 0.15) is 6.10 Å². The Labute approximate surface area is 59.7 Å². The molecule has 0 aliphatic carbocycles. The van der Waals surface area contributed by atoms with E-state index < -0.39 is 0 Å². The summed E-state index contributed by atoms with van der Waals surface area (Å²) >= 11 is 0. The summed E-state index contributed by atoms with van der Waals surface area (Å²) in [4.78, 5) is 10.7. The molecule has 0 spiro atoms. The Morgan fingerprint density at radius 3 is 3.30 bits per heavy atom. The second-order valence-electron chi connectivity index (χ2n) is 2.94. The lowest BCUT2D eigenvalue weighted by atomic mass is 10.0. The monoisotopic (exact) mass is 141 g/mol. The van der Waals surface area contributed by atoms with E-state index in [1.165, 1.54) is 0 Å². The van der Waals surface area contributed by atoms with E-state index >= 15 is 0 Å². The number of carbonyl (C=O) groups is 1. The fraction of sp³-hybridized carbons (Fsp3) is 0.857. The molecule has 2 aliphatic rings. The van der Waals surface area contributed by atoms with Crippen LogP contribution in [0.4, 0.5) is 0 Å².